The van der Waals surface area contributed by atoms with Crippen LogP contribution in [-0.2, 0) is 24.9 Å². The highest BCUT2D eigenvalue weighted by atomic mass is 32.1. The molecule has 0 bridgehead atoms. The lowest BCUT2D eigenvalue weighted by Crippen LogP contribution is -2.32. The Morgan fingerprint density at radius 2 is 1.91 bits per heavy atom. The van der Waals surface area contributed by atoms with E-state index in [1.54, 1.807) is 18.2 Å². The van der Waals surface area contributed by atoms with E-state index in [2.05, 4.69) is 6.92 Å². The Morgan fingerprint density at radius 3 is 2.55 bits per heavy atom. The standard InChI is InChI=1S/C26H30O6S/c1-2-26(18-6-7-18,13-16-4-3-5-17(10-16)14-27)24-12-21(29)20(25(31)32-24)11-19-8-9-23(33-19)22(30)15-28/h3-5,8-10,12,18,22,27-30H,2,6-7,11,13-15H2,1H3/t22-,26+/m0/s1. The van der Waals surface area contributed by atoms with Gasteiger partial charge in [-0.2, -0.15) is 0 Å². The third-order valence-corrected chi connectivity index (χ3v) is 7.92. The van der Waals surface area contributed by atoms with Gasteiger partial charge < -0.3 is 24.8 Å². The largest absolute Gasteiger partial charge is 0.507 e. The average molecular weight is 471 g/mol. The molecule has 1 saturated carbocycles. The molecule has 2 aromatic heterocycles. The van der Waals surface area contributed by atoms with Crippen molar-refractivity contribution in [2.24, 2.45) is 5.92 Å². The van der Waals surface area contributed by atoms with Crippen molar-refractivity contribution in [3.63, 3.8) is 0 Å². The zero-order valence-corrected chi connectivity index (χ0v) is 19.5. The molecule has 1 fully saturated rings. The second-order valence-electron chi connectivity index (χ2n) is 8.88. The van der Waals surface area contributed by atoms with Gasteiger partial charge in [-0.25, -0.2) is 4.79 Å². The molecular weight excluding hydrogens is 440 g/mol. The molecule has 0 aliphatic heterocycles. The maximum Gasteiger partial charge on any atom is 0.343 e. The number of thiophene rings is 1. The van der Waals surface area contributed by atoms with Crippen molar-refractivity contribution >= 4 is 11.3 Å². The Morgan fingerprint density at radius 1 is 1.15 bits per heavy atom. The Labute approximate surface area is 196 Å². The Bertz CT molecular complexity index is 1160. The molecule has 0 spiro atoms. The maximum atomic E-state index is 13.0. The molecule has 2 atom stereocenters. The van der Waals surface area contributed by atoms with Crippen LogP contribution in [0.15, 0.2) is 51.7 Å². The molecule has 0 radical (unpaired) electrons. The average Bonchev–Trinajstić information content (AvgIpc) is 3.57. The van der Waals surface area contributed by atoms with Gasteiger partial charge in [-0.15, -0.1) is 11.3 Å². The Balaban J connectivity index is 1.66. The number of aromatic hydroxyl groups is 1. The summed E-state index contributed by atoms with van der Waals surface area (Å²) in [5, 5.41) is 39.3. The summed E-state index contributed by atoms with van der Waals surface area (Å²) in [5.74, 6) is 0.797. The quantitative estimate of drug-likeness (QED) is 0.359. The minimum atomic E-state index is -0.954. The van der Waals surface area contributed by atoms with Crippen molar-refractivity contribution in [1.29, 1.82) is 0 Å². The monoisotopic (exact) mass is 470 g/mol. The van der Waals surface area contributed by atoms with Crippen LogP contribution in [0.4, 0.5) is 0 Å². The van der Waals surface area contributed by atoms with E-state index in [1.165, 1.54) is 11.3 Å². The molecule has 1 aliphatic rings. The number of hydrogen-bond acceptors (Lipinski definition) is 7. The van der Waals surface area contributed by atoms with Crippen LogP contribution in [0.3, 0.4) is 0 Å². The van der Waals surface area contributed by atoms with Gasteiger partial charge in [0.2, 0.25) is 0 Å². The normalized spacial score (nSPS) is 16.5. The van der Waals surface area contributed by atoms with Crippen LogP contribution >= 0.6 is 11.3 Å². The lowest BCUT2D eigenvalue weighted by Gasteiger charge is -2.32. The predicted octanol–water partition coefficient (Wildman–Crippen LogP) is 3.82. The number of benzene rings is 1. The maximum absolute atomic E-state index is 13.0. The van der Waals surface area contributed by atoms with E-state index in [1.807, 2.05) is 24.3 Å². The molecule has 0 amide bonds. The molecule has 0 unspecified atom stereocenters. The molecule has 7 heteroatoms. The first-order valence-corrected chi connectivity index (χ1v) is 12.1. The van der Waals surface area contributed by atoms with Gasteiger partial charge in [0.25, 0.3) is 0 Å². The van der Waals surface area contributed by atoms with Crippen molar-refractivity contribution in [3.05, 3.63) is 85.1 Å². The molecular formula is C26H30O6S. The van der Waals surface area contributed by atoms with E-state index in [0.717, 1.165) is 35.3 Å². The lowest BCUT2D eigenvalue weighted by molar-refractivity contribution is 0.0984. The van der Waals surface area contributed by atoms with Gasteiger partial charge in [0.05, 0.1) is 18.8 Å². The third kappa shape index (κ3) is 4.92. The van der Waals surface area contributed by atoms with E-state index in [-0.39, 0.29) is 30.9 Å². The van der Waals surface area contributed by atoms with Crippen molar-refractivity contribution in [2.45, 2.75) is 57.2 Å². The highest BCUT2D eigenvalue weighted by molar-refractivity contribution is 7.12. The van der Waals surface area contributed by atoms with E-state index < -0.39 is 17.1 Å². The summed E-state index contributed by atoms with van der Waals surface area (Å²) in [7, 11) is 0. The fourth-order valence-corrected chi connectivity index (χ4v) is 5.71. The van der Waals surface area contributed by atoms with Crippen LogP contribution in [0.25, 0.3) is 0 Å². The van der Waals surface area contributed by atoms with Crippen molar-refractivity contribution < 1.29 is 24.8 Å². The van der Waals surface area contributed by atoms with Crippen molar-refractivity contribution in [2.75, 3.05) is 6.61 Å². The van der Waals surface area contributed by atoms with Gasteiger partial charge in [-0.1, -0.05) is 31.2 Å². The Hall–Kier alpha value is -2.45. The number of hydrogen-bond donors (Lipinski definition) is 4. The highest BCUT2D eigenvalue weighted by Crippen LogP contribution is 2.51. The SMILES string of the molecule is CC[C@](Cc1cccc(CO)c1)(c1cc(O)c(Cc2ccc([C@@H](O)CO)s2)c(=O)o1)C1CC1. The van der Waals surface area contributed by atoms with Crippen LogP contribution in [-0.4, -0.2) is 27.0 Å². The molecule has 0 saturated heterocycles. The summed E-state index contributed by atoms with van der Waals surface area (Å²) in [6.45, 7) is 1.68. The first-order chi connectivity index (χ1) is 15.9. The van der Waals surface area contributed by atoms with Gasteiger partial charge >= 0.3 is 5.63 Å². The molecule has 176 valence electrons. The molecule has 33 heavy (non-hydrogen) atoms. The zero-order chi connectivity index (χ0) is 23.6. The fraction of sp³-hybridized carbons (Fsp3) is 0.423. The van der Waals surface area contributed by atoms with Crippen LogP contribution in [0.1, 0.15) is 64.5 Å². The molecule has 2 heterocycles. The number of aliphatic hydroxyl groups excluding tert-OH is 3. The minimum Gasteiger partial charge on any atom is -0.507 e. The summed E-state index contributed by atoms with van der Waals surface area (Å²) >= 11 is 1.29. The topological polar surface area (TPSA) is 111 Å². The van der Waals surface area contributed by atoms with Crippen LogP contribution in [0.2, 0.25) is 0 Å². The molecule has 6 nitrogen and oxygen atoms in total. The first kappa shape index (κ1) is 23.7. The third-order valence-electron chi connectivity index (χ3n) is 6.73. The summed E-state index contributed by atoms with van der Waals surface area (Å²) in [5.41, 5.74) is 1.15. The second-order valence-corrected chi connectivity index (χ2v) is 10.1. The Kier molecular flexibility index (Phi) is 7.05. The van der Waals surface area contributed by atoms with Crippen LogP contribution < -0.4 is 5.63 Å². The van der Waals surface area contributed by atoms with Crippen LogP contribution in [0, 0.1) is 5.92 Å². The molecule has 1 aliphatic carbocycles. The number of aliphatic hydroxyl groups is 3. The van der Waals surface area contributed by atoms with Crippen molar-refractivity contribution in [3.8, 4) is 5.75 Å². The summed E-state index contributed by atoms with van der Waals surface area (Å²) in [6.07, 6.45) is 2.76. The lowest BCUT2D eigenvalue weighted by atomic mass is 9.72. The molecule has 4 rings (SSSR count). The van der Waals surface area contributed by atoms with Gasteiger partial charge in [0, 0.05) is 27.7 Å². The number of rotatable bonds is 10. The van der Waals surface area contributed by atoms with E-state index in [9.17, 15) is 20.1 Å². The van der Waals surface area contributed by atoms with E-state index in [0.29, 0.717) is 23.0 Å². The summed E-state index contributed by atoms with van der Waals surface area (Å²) in [6, 6.07) is 12.9. The summed E-state index contributed by atoms with van der Waals surface area (Å²) < 4.78 is 5.87. The fourth-order valence-electron chi connectivity index (χ4n) is 4.71. The zero-order valence-electron chi connectivity index (χ0n) is 18.7. The summed E-state index contributed by atoms with van der Waals surface area (Å²) in [4.78, 5) is 14.4. The van der Waals surface area contributed by atoms with E-state index >= 15 is 0 Å². The molecule has 4 N–H and O–H groups in total. The molecule has 3 aromatic rings. The van der Waals surface area contributed by atoms with Crippen molar-refractivity contribution in [1.82, 2.24) is 0 Å². The predicted molar refractivity (Wildman–Crippen MR) is 127 cm³/mol. The van der Waals surface area contributed by atoms with E-state index in [4.69, 9.17) is 9.52 Å². The second kappa shape index (κ2) is 9.81. The highest BCUT2D eigenvalue weighted by Gasteiger charge is 2.47. The molecule has 1 aromatic carbocycles. The van der Waals surface area contributed by atoms with Gasteiger partial charge in [-0.3, -0.25) is 0 Å². The van der Waals surface area contributed by atoms with Gasteiger partial charge in [-0.05, 0) is 54.9 Å². The first-order valence-electron chi connectivity index (χ1n) is 11.3. The van der Waals surface area contributed by atoms with Crippen LogP contribution in [0.5, 0.6) is 5.75 Å². The minimum absolute atomic E-state index is 0.0271. The van der Waals surface area contributed by atoms with Gasteiger partial charge in [0.15, 0.2) is 0 Å². The smallest absolute Gasteiger partial charge is 0.343 e. The van der Waals surface area contributed by atoms with Gasteiger partial charge in [0.1, 0.15) is 17.6 Å².